The lowest BCUT2D eigenvalue weighted by Gasteiger charge is -2.26. The summed E-state index contributed by atoms with van der Waals surface area (Å²) in [5.74, 6) is -0.994. The Hall–Kier alpha value is -2.93. The minimum atomic E-state index is -0.645. The van der Waals surface area contributed by atoms with Gasteiger partial charge in [0, 0.05) is 19.3 Å². The van der Waals surface area contributed by atoms with Crippen molar-refractivity contribution in [2.75, 3.05) is 27.2 Å². The van der Waals surface area contributed by atoms with Crippen LogP contribution in [0.5, 0.6) is 0 Å². The van der Waals surface area contributed by atoms with Crippen LogP contribution in [0.3, 0.4) is 0 Å². The first-order valence-corrected chi connectivity index (χ1v) is 11.1. The molecule has 7 heteroatoms. The van der Waals surface area contributed by atoms with Crippen LogP contribution in [-0.2, 0) is 16.6 Å². The van der Waals surface area contributed by atoms with Crippen molar-refractivity contribution in [3.63, 3.8) is 0 Å². The molecule has 2 heterocycles. The maximum absolute atomic E-state index is 13.2. The first-order chi connectivity index (χ1) is 15.0. The number of likely N-dealkylation sites (tertiary alicyclic amines) is 1. The predicted octanol–water partition coefficient (Wildman–Crippen LogP) is 3.53. The second-order valence-corrected chi connectivity index (χ2v) is 9.14. The molecule has 172 valence electrons. The molecule has 1 aromatic carbocycles. The van der Waals surface area contributed by atoms with Gasteiger partial charge in [0.05, 0.1) is 22.9 Å². The zero-order chi connectivity index (χ0) is 23.7. The number of hydrogen-bond donors (Lipinski definition) is 1. The second kappa shape index (κ2) is 9.28. The van der Waals surface area contributed by atoms with Gasteiger partial charge in [-0.15, -0.1) is 0 Å². The summed E-state index contributed by atoms with van der Waals surface area (Å²) in [5.41, 5.74) is 4.01. The van der Waals surface area contributed by atoms with E-state index < -0.39 is 17.7 Å². The van der Waals surface area contributed by atoms with E-state index in [-0.39, 0.29) is 11.3 Å². The normalized spacial score (nSPS) is 18.4. The monoisotopic (exact) mass is 438 g/mol. The van der Waals surface area contributed by atoms with Gasteiger partial charge in [-0.05, 0) is 58.0 Å². The molecule has 32 heavy (non-hydrogen) atoms. The molecule has 0 spiro atoms. The molecule has 2 aromatic rings. The van der Waals surface area contributed by atoms with Crippen LogP contribution in [0.1, 0.15) is 60.3 Å². The van der Waals surface area contributed by atoms with Crippen molar-refractivity contribution in [2.45, 2.75) is 46.1 Å². The number of Topliss-reactive ketones (excluding diaryl/α,β-unsaturated/α-hetero) is 1. The Bertz CT molecular complexity index is 1050. The van der Waals surface area contributed by atoms with E-state index in [2.05, 4.69) is 18.9 Å². The van der Waals surface area contributed by atoms with E-state index in [0.717, 1.165) is 24.2 Å². The van der Waals surface area contributed by atoms with Crippen molar-refractivity contribution in [2.24, 2.45) is 7.05 Å². The Balaban J connectivity index is 2.14. The highest BCUT2D eigenvalue weighted by atomic mass is 16.3. The van der Waals surface area contributed by atoms with Gasteiger partial charge in [0.1, 0.15) is 5.76 Å². The van der Waals surface area contributed by atoms with E-state index in [1.807, 2.05) is 50.2 Å². The number of nitrogens with zero attached hydrogens (tertiary/aromatic N) is 4. The van der Waals surface area contributed by atoms with Crippen molar-refractivity contribution in [3.05, 3.63) is 57.9 Å². The molecular weight excluding hydrogens is 404 g/mol. The van der Waals surface area contributed by atoms with Crippen molar-refractivity contribution in [1.29, 1.82) is 0 Å². The first-order valence-electron chi connectivity index (χ1n) is 11.1. The molecule has 1 aromatic heterocycles. The number of carbonyl (C=O) groups excluding carboxylic acids is 2. The van der Waals surface area contributed by atoms with Gasteiger partial charge in [-0.2, -0.15) is 5.10 Å². The van der Waals surface area contributed by atoms with Gasteiger partial charge in [-0.3, -0.25) is 14.3 Å². The summed E-state index contributed by atoms with van der Waals surface area (Å²) in [7, 11) is 5.75. The fourth-order valence-electron chi connectivity index (χ4n) is 4.33. The molecule has 0 aliphatic carbocycles. The molecule has 0 bridgehead atoms. The van der Waals surface area contributed by atoms with Crippen LogP contribution in [-0.4, -0.2) is 63.6 Å². The Labute approximate surface area is 190 Å². The van der Waals surface area contributed by atoms with Gasteiger partial charge in [-0.25, -0.2) is 0 Å². The van der Waals surface area contributed by atoms with Gasteiger partial charge in [0.2, 0.25) is 0 Å². The van der Waals surface area contributed by atoms with Crippen LogP contribution in [0.4, 0.5) is 0 Å². The number of ketones is 1. The smallest absolute Gasteiger partial charge is 0.295 e. The van der Waals surface area contributed by atoms with Crippen molar-refractivity contribution < 1.29 is 14.7 Å². The molecule has 1 aliphatic rings. The van der Waals surface area contributed by atoms with Gasteiger partial charge < -0.3 is 14.9 Å². The van der Waals surface area contributed by atoms with Crippen molar-refractivity contribution in [3.8, 4) is 0 Å². The van der Waals surface area contributed by atoms with Crippen LogP contribution >= 0.6 is 0 Å². The number of aliphatic hydroxyl groups excluding tert-OH is 1. The van der Waals surface area contributed by atoms with E-state index in [9.17, 15) is 14.7 Å². The fraction of sp³-hybridized carbons (Fsp3) is 0.480. The number of aromatic nitrogens is 2. The van der Waals surface area contributed by atoms with Crippen LogP contribution < -0.4 is 0 Å². The fourth-order valence-corrected chi connectivity index (χ4v) is 4.33. The third-order valence-corrected chi connectivity index (χ3v) is 6.21. The number of aliphatic hydroxyl groups is 1. The quantitative estimate of drug-likeness (QED) is 0.406. The van der Waals surface area contributed by atoms with E-state index >= 15 is 0 Å². The minimum absolute atomic E-state index is 0.136. The highest BCUT2D eigenvalue weighted by Crippen LogP contribution is 2.40. The lowest BCUT2D eigenvalue weighted by Crippen LogP contribution is -2.32. The Morgan fingerprint density at radius 2 is 1.78 bits per heavy atom. The highest BCUT2D eigenvalue weighted by Gasteiger charge is 2.46. The minimum Gasteiger partial charge on any atom is -0.507 e. The molecule has 1 saturated heterocycles. The molecule has 1 aliphatic heterocycles. The third kappa shape index (κ3) is 4.35. The molecule has 1 fully saturated rings. The highest BCUT2D eigenvalue weighted by molar-refractivity contribution is 6.46. The molecule has 3 rings (SSSR count). The standard InChI is InChI=1S/C25H34N4O3/c1-15(2)18-9-11-19(12-10-18)22-21(23(30)20-16(3)26-28(7)17(20)4)24(31)25(32)29(22)14-8-13-27(5)6/h9-12,15,22,30H,8,13-14H2,1-7H3/b23-21+. The average Bonchev–Trinajstić information content (AvgIpc) is 3.13. The van der Waals surface area contributed by atoms with Crippen LogP contribution in [0.15, 0.2) is 29.8 Å². The molecule has 1 amide bonds. The lowest BCUT2D eigenvalue weighted by molar-refractivity contribution is -0.139. The number of hydrogen-bond acceptors (Lipinski definition) is 5. The molecular formula is C25H34N4O3. The molecule has 0 saturated carbocycles. The average molecular weight is 439 g/mol. The summed E-state index contributed by atoms with van der Waals surface area (Å²) in [6, 6.07) is 7.35. The molecule has 0 radical (unpaired) electrons. The number of benzene rings is 1. The predicted molar refractivity (Wildman–Crippen MR) is 125 cm³/mol. The lowest BCUT2D eigenvalue weighted by atomic mass is 9.93. The summed E-state index contributed by atoms with van der Waals surface area (Å²) < 4.78 is 1.67. The van der Waals surface area contributed by atoms with Crippen LogP contribution in [0.2, 0.25) is 0 Å². The van der Waals surface area contributed by atoms with Crippen molar-refractivity contribution in [1.82, 2.24) is 19.6 Å². The number of carbonyl (C=O) groups is 2. The summed E-state index contributed by atoms with van der Waals surface area (Å²) in [4.78, 5) is 29.9. The molecule has 7 nitrogen and oxygen atoms in total. The maximum atomic E-state index is 13.2. The van der Waals surface area contributed by atoms with Gasteiger partial charge in [0.15, 0.2) is 0 Å². The summed E-state index contributed by atoms with van der Waals surface area (Å²) >= 11 is 0. The third-order valence-electron chi connectivity index (χ3n) is 6.21. The second-order valence-electron chi connectivity index (χ2n) is 9.14. The topological polar surface area (TPSA) is 78.7 Å². The molecule has 1 atom stereocenters. The zero-order valence-electron chi connectivity index (χ0n) is 20.1. The first kappa shape index (κ1) is 23.7. The van der Waals surface area contributed by atoms with Crippen LogP contribution in [0.25, 0.3) is 5.76 Å². The van der Waals surface area contributed by atoms with E-state index in [0.29, 0.717) is 23.7 Å². The van der Waals surface area contributed by atoms with E-state index in [1.165, 1.54) is 5.56 Å². The SMILES string of the molecule is Cc1nn(C)c(C)c1/C(O)=C1\C(=O)C(=O)N(CCCN(C)C)C1c1ccc(C(C)C)cc1. The largest absolute Gasteiger partial charge is 0.507 e. The van der Waals surface area contributed by atoms with E-state index in [1.54, 1.807) is 23.6 Å². The number of amides is 1. The summed E-state index contributed by atoms with van der Waals surface area (Å²) in [6.07, 6.45) is 0.728. The van der Waals surface area contributed by atoms with Crippen LogP contribution in [0, 0.1) is 13.8 Å². The summed E-state index contributed by atoms with van der Waals surface area (Å²) in [6.45, 7) is 9.10. The Morgan fingerprint density at radius 1 is 1.16 bits per heavy atom. The van der Waals surface area contributed by atoms with Gasteiger partial charge >= 0.3 is 0 Å². The van der Waals surface area contributed by atoms with Gasteiger partial charge in [0.25, 0.3) is 11.7 Å². The Kier molecular flexibility index (Phi) is 6.88. The molecule has 1 N–H and O–H groups in total. The van der Waals surface area contributed by atoms with E-state index in [4.69, 9.17) is 0 Å². The van der Waals surface area contributed by atoms with Gasteiger partial charge in [-0.1, -0.05) is 38.1 Å². The zero-order valence-corrected chi connectivity index (χ0v) is 20.1. The Morgan fingerprint density at radius 3 is 2.28 bits per heavy atom. The number of aryl methyl sites for hydroxylation is 2. The maximum Gasteiger partial charge on any atom is 0.295 e. The number of rotatable bonds is 7. The van der Waals surface area contributed by atoms with Crippen molar-refractivity contribution >= 4 is 17.4 Å². The summed E-state index contributed by atoms with van der Waals surface area (Å²) in [5, 5.41) is 15.7. The molecule has 1 unspecified atom stereocenters.